The normalized spacial score (nSPS) is 14.1. The lowest BCUT2D eigenvalue weighted by Crippen LogP contribution is -2.36. The third-order valence-electron chi connectivity index (χ3n) is 3.87. The lowest BCUT2D eigenvalue weighted by atomic mass is 9.96. The van der Waals surface area contributed by atoms with E-state index >= 15 is 0 Å². The maximum Gasteiger partial charge on any atom is 0.229 e. The summed E-state index contributed by atoms with van der Waals surface area (Å²) in [6, 6.07) is 6.36. The molecule has 0 spiro atoms. The predicted octanol–water partition coefficient (Wildman–Crippen LogP) is 2.58. The molecule has 1 aliphatic heterocycles. The van der Waals surface area contributed by atoms with E-state index in [1.54, 1.807) is 7.11 Å². The van der Waals surface area contributed by atoms with Gasteiger partial charge < -0.3 is 14.4 Å². The highest BCUT2D eigenvalue weighted by molar-refractivity contribution is 5.95. The smallest absolute Gasteiger partial charge is 0.229 e. The number of carbonyl (C=O) groups excluding carboxylic acids is 1. The third-order valence-corrected chi connectivity index (χ3v) is 3.87. The van der Waals surface area contributed by atoms with Crippen molar-refractivity contribution in [1.29, 1.82) is 0 Å². The minimum Gasteiger partial charge on any atom is -0.382 e. The van der Waals surface area contributed by atoms with Crippen molar-refractivity contribution in [3.05, 3.63) is 29.3 Å². The molecule has 0 saturated heterocycles. The van der Waals surface area contributed by atoms with E-state index < -0.39 is 0 Å². The minimum atomic E-state index is 0.161. The van der Waals surface area contributed by atoms with E-state index in [-0.39, 0.29) is 5.91 Å². The van der Waals surface area contributed by atoms with Gasteiger partial charge in [-0.15, -0.1) is 0 Å². The highest BCUT2D eigenvalue weighted by Gasteiger charge is 2.24. The number of hydrogen-bond donors (Lipinski definition) is 0. The summed E-state index contributed by atoms with van der Waals surface area (Å²) in [5.74, 6) is 0.161. The second-order valence-electron chi connectivity index (χ2n) is 5.28. The Kier molecular flexibility index (Phi) is 6.21. The van der Waals surface area contributed by atoms with Gasteiger partial charge >= 0.3 is 0 Å². The molecule has 0 fully saturated rings. The van der Waals surface area contributed by atoms with Crippen LogP contribution >= 0.6 is 0 Å². The summed E-state index contributed by atoms with van der Waals surface area (Å²) in [5, 5.41) is 0. The SMILES string of the molecule is CCc1cccc2c1N(C(=O)CCOCCOC)CCC2. The Labute approximate surface area is 127 Å². The van der Waals surface area contributed by atoms with Gasteiger partial charge in [0.15, 0.2) is 0 Å². The van der Waals surface area contributed by atoms with Gasteiger partial charge in [-0.05, 0) is 30.4 Å². The van der Waals surface area contributed by atoms with Gasteiger partial charge in [0.1, 0.15) is 0 Å². The number of benzene rings is 1. The van der Waals surface area contributed by atoms with E-state index in [0.29, 0.717) is 26.2 Å². The number of anilines is 1. The van der Waals surface area contributed by atoms with Crippen LogP contribution < -0.4 is 4.90 Å². The Balaban J connectivity index is 2.00. The summed E-state index contributed by atoms with van der Waals surface area (Å²) in [4.78, 5) is 14.4. The third kappa shape index (κ3) is 4.05. The highest BCUT2D eigenvalue weighted by atomic mass is 16.5. The van der Waals surface area contributed by atoms with Crippen LogP contribution in [-0.2, 0) is 27.1 Å². The summed E-state index contributed by atoms with van der Waals surface area (Å²) >= 11 is 0. The van der Waals surface area contributed by atoms with Crippen molar-refractivity contribution in [3.63, 3.8) is 0 Å². The molecule has 0 N–H and O–H groups in total. The van der Waals surface area contributed by atoms with Crippen molar-refractivity contribution in [2.75, 3.05) is 38.4 Å². The first kappa shape index (κ1) is 16.0. The van der Waals surface area contributed by atoms with Gasteiger partial charge in [0, 0.05) is 19.3 Å². The molecule has 4 nitrogen and oxygen atoms in total. The second kappa shape index (κ2) is 8.15. The molecular weight excluding hydrogens is 266 g/mol. The Morgan fingerprint density at radius 3 is 2.90 bits per heavy atom. The van der Waals surface area contributed by atoms with E-state index in [0.717, 1.165) is 31.5 Å². The van der Waals surface area contributed by atoms with E-state index in [1.165, 1.54) is 11.1 Å². The number of ether oxygens (including phenoxy) is 2. The first-order chi connectivity index (χ1) is 10.3. The highest BCUT2D eigenvalue weighted by Crippen LogP contribution is 2.31. The molecule has 0 aliphatic carbocycles. The molecule has 1 aromatic carbocycles. The Morgan fingerprint density at radius 1 is 1.29 bits per heavy atom. The molecule has 0 aromatic heterocycles. The Morgan fingerprint density at radius 2 is 2.14 bits per heavy atom. The summed E-state index contributed by atoms with van der Waals surface area (Å²) in [6.45, 7) is 4.53. The van der Waals surface area contributed by atoms with Gasteiger partial charge in [-0.2, -0.15) is 0 Å². The summed E-state index contributed by atoms with van der Waals surface area (Å²) in [5.41, 5.74) is 3.71. The number of carbonyl (C=O) groups is 1. The second-order valence-corrected chi connectivity index (χ2v) is 5.28. The molecular formula is C17H25NO3. The predicted molar refractivity (Wildman–Crippen MR) is 83.8 cm³/mol. The van der Waals surface area contributed by atoms with Crippen molar-refractivity contribution >= 4 is 11.6 Å². The number of nitrogens with zero attached hydrogens (tertiary/aromatic N) is 1. The lowest BCUT2D eigenvalue weighted by molar-refractivity contribution is -0.119. The van der Waals surface area contributed by atoms with Crippen molar-refractivity contribution in [3.8, 4) is 0 Å². The molecule has 0 bridgehead atoms. The Bertz CT molecular complexity index is 459. The van der Waals surface area contributed by atoms with Crippen LogP contribution in [0.2, 0.25) is 0 Å². The molecule has 1 amide bonds. The molecule has 0 atom stereocenters. The number of hydrogen-bond acceptors (Lipinski definition) is 3. The minimum absolute atomic E-state index is 0.161. The van der Waals surface area contributed by atoms with Gasteiger partial charge in [-0.25, -0.2) is 0 Å². The first-order valence-electron chi connectivity index (χ1n) is 7.75. The molecule has 1 aromatic rings. The van der Waals surface area contributed by atoms with E-state index in [9.17, 15) is 4.79 Å². The molecule has 1 aliphatic rings. The van der Waals surface area contributed by atoms with Crippen LogP contribution in [-0.4, -0.2) is 39.4 Å². The molecule has 1 heterocycles. The van der Waals surface area contributed by atoms with Crippen LogP contribution in [0.3, 0.4) is 0 Å². The number of rotatable bonds is 7. The fourth-order valence-corrected chi connectivity index (χ4v) is 2.81. The van der Waals surface area contributed by atoms with Crippen LogP contribution in [0.15, 0.2) is 18.2 Å². The zero-order valence-corrected chi connectivity index (χ0v) is 13.1. The molecule has 0 unspecified atom stereocenters. The van der Waals surface area contributed by atoms with Gasteiger partial charge in [-0.3, -0.25) is 4.79 Å². The molecule has 4 heteroatoms. The average Bonchev–Trinajstić information content (AvgIpc) is 2.53. The molecule has 0 saturated carbocycles. The van der Waals surface area contributed by atoms with Crippen molar-refractivity contribution in [1.82, 2.24) is 0 Å². The van der Waals surface area contributed by atoms with Gasteiger partial charge in [0.05, 0.1) is 26.2 Å². The van der Waals surface area contributed by atoms with Crippen molar-refractivity contribution < 1.29 is 14.3 Å². The van der Waals surface area contributed by atoms with Crippen LogP contribution in [0, 0.1) is 0 Å². The largest absolute Gasteiger partial charge is 0.382 e. The fourth-order valence-electron chi connectivity index (χ4n) is 2.81. The van der Waals surface area contributed by atoms with Gasteiger partial charge in [-0.1, -0.05) is 25.1 Å². The first-order valence-corrected chi connectivity index (χ1v) is 7.75. The maximum atomic E-state index is 12.5. The van der Waals surface area contributed by atoms with E-state index in [1.807, 2.05) is 4.90 Å². The van der Waals surface area contributed by atoms with E-state index in [4.69, 9.17) is 9.47 Å². The van der Waals surface area contributed by atoms with Gasteiger partial charge in [0.2, 0.25) is 5.91 Å². The number of para-hydroxylation sites is 1. The van der Waals surface area contributed by atoms with Gasteiger partial charge in [0.25, 0.3) is 0 Å². The summed E-state index contributed by atoms with van der Waals surface area (Å²) < 4.78 is 10.3. The maximum absolute atomic E-state index is 12.5. The molecule has 116 valence electrons. The molecule has 2 rings (SSSR count). The molecule has 0 radical (unpaired) electrons. The monoisotopic (exact) mass is 291 g/mol. The molecule has 21 heavy (non-hydrogen) atoms. The van der Waals surface area contributed by atoms with Crippen molar-refractivity contribution in [2.45, 2.75) is 32.6 Å². The lowest BCUT2D eigenvalue weighted by Gasteiger charge is -2.31. The number of fused-ring (bicyclic) bond motifs is 1. The number of methoxy groups -OCH3 is 1. The van der Waals surface area contributed by atoms with Crippen LogP contribution in [0.1, 0.15) is 30.9 Å². The topological polar surface area (TPSA) is 38.8 Å². The number of amides is 1. The Hall–Kier alpha value is -1.39. The van der Waals surface area contributed by atoms with E-state index in [2.05, 4.69) is 25.1 Å². The average molecular weight is 291 g/mol. The summed E-state index contributed by atoms with van der Waals surface area (Å²) in [6.07, 6.45) is 3.49. The standard InChI is InChI=1S/C17H25NO3/c1-3-14-6-4-7-15-8-5-10-18(17(14)15)16(19)9-11-21-13-12-20-2/h4,6-7H,3,5,8-13H2,1-2H3. The fraction of sp³-hybridized carbons (Fsp3) is 0.588. The van der Waals surface area contributed by atoms with Crippen LogP contribution in [0.4, 0.5) is 5.69 Å². The van der Waals surface area contributed by atoms with Crippen LogP contribution in [0.25, 0.3) is 0 Å². The van der Waals surface area contributed by atoms with Crippen molar-refractivity contribution in [2.24, 2.45) is 0 Å². The quantitative estimate of drug-likeness (QED) is 0.725. The zero-order valence-electron chi connectivity index (χ0n) is 13.1. The summed E-state index contributed by atoms with van der Waals surface area (Å²) in [7, 11) is 1.64. The number of aryl methyl sites for hydroxylation is 2. The zero-order chi connectivity index (χ0) is 15.1. The van der Waals surface area contributed by atoms with Crippen LogP contribution in [0.5, 0.6) is 0 Å².